The van der Waals surface area contributed by atoms with Crippen LogP contribution in [0.25, 0.3) is 6.08 Å². The monoisotopic (exact) mass is 577 g/mol. The molecular formula is C25H21ClINO5. The van der Waals surface area contributed by atoms with Crippen molar-refractivity contribution in [3.8, 4) is 11.5 Å². The average molecular weight is 578 g/mol. The highest BCUT2D eigenvalue weighted by molar-refractivity contribution is 14.1. The van der Waals surface area contributed by atoms with Gasteiger partial charge in [-0.2, -0.15) is 0 Å². The summed E-state index contributed by atoms with van der Waals surface area (Å²) in [7, 11) is 0. The van der Waals surface area contributed by atoms with Crippen LogP contribution in [0.2, 0.25) is 5.02 Å². The zero-order chi connectivity index (χ0) is 23.8. The average Bonchev–Trinajstić information content (AvgIpc) is 2.80. The number of aliphatic carboxylic acids is 1. The molecule has 0 atom stereocenters. The van der Waals surface area contributed by atoms with Gasteiger partial charge in [-0.1, -0.05) is 41.9 Å². The molecule has 0 saturated heterocycles. The molecule has 0 aliphatic heterocycles. The van der Waals surface area contributed by atoms with Gasteiger partial charge in [-0.05, 0) is 83.1 Å². The standard InChI is InChI=1S/C25H21ClINO5/c1-2-32-22-14-17(12-20(27)23(22)33-15-16-8-10-19(26)11-9-16)13-21(25(30)31)28-24(29)18-6-4-3-5-7-18/h3-14H,2,15H2,1H3,(H,28,29)(H,30,31). The molecule has 0 fully saturated rings. The lowest BCUT2D eigenvalue weighted by Gasteiger charge is -2.15. The first kappa shape index (κ1) is 24.6. The lowest BCUT2D eigenvalue weighted by Crippen LogP contribution is -2.27. The molecule has 0 aliphatic rings. The van der Waals surface area contributed by atoms with Crippen molar-refractivity contribution in [2.75, 3.05) is 6.61 Å². The Morgan fingerprint density at radius 1 is 1.06 bits per heavy atom. The van der Waals surface area contributed by atoms with Gasteiger partial charge in [-0.15, -0.1) is 0 Å². The van der Waals surface area contributed by atoms with Crippen LogP contribution in [0, 0.1) is 3.57 Å². The van der Waals surface area contributed by atoms with E-state index in [1.54, 1.807) is 54.6 Å². The Balaban J connectivity index is 1.86. The van der Waals surface area contributed by atoms with Crippen molar-refractivity contribution in [3.05, 3.63) is 97.7 Å². The number of halogens is 2. The Morgan fingerprint density at radius 3 is 2.39 bits per heavy atom. The van der Waals surface area contributed by atoms with Crippen molar-refractivity contribution in [2.45, 2.75) is 13.5 Å². The van der Waals surface area contributed by atoms with Gasteiger partial charge < -0.3 is 19.9 Å². The molecule has 0 radical (unpaired) electrons. The number of carboxylic acid groups (broad SMARTS) is 1. The molecule has 0 unspecified atom stereocenters. The van der Waals surface area contributed by atoms with Crippen molar-refractivity contribution < 1.29 is 24.2 Å². The molecule has 0 saturated carbocycles. The van der Waals surface area contributed by atoms with E-state index in [9.17, 15) is 14.7 Å². The summed E-state index contributed by atoms with van der Waals surface area (Å²) in [6, 6.07) is 19.2. The van der Waals surface area contributed by atoms with Gasteiger partial charge >= 0.3 is 5.97 Å². The first-order chi connectivity index (χ1) is 15.9. The van der Waals surface area contributed by atoms with Crippen molar-refractivity contribution in [3.63, 3.8) is 0 Å². The van der Waals surface area contributed by atoms with Crippen LogP contribution in [0.4, 0.5) is 0 Å². The van der Waals surface area contributed by atoms with E-state index in [4.69, 9.17) is 21.1 Å². The smallest absolute Gasteiger partial charge is 0.352 e. The summed E-state index contributed by atoms with van der Waals surface area (Å²) >= 11 is 8.04. The maximum atomic E-state index is 12.4. The van der Waals surface area contributed by atoms with Crippen LogP contribution in [-0.4, -0.2) is 23.6 Å². The molecule has 6 nitrogen and oxygen atoms in total. The maximum absolute atomic E-state index is 12.4. The van der Waals surface area contributed by atoms with Gasteiger partial charge in [0.15, 0.2) is 11.5 Å². The number of hydrogen-bond donors (Lipinski definition) is 2. The van der Waals surface area contributed by atoms with Crippen molar-refractivity contribution in [2.24, 2.45) is 0 Å². The molecule has 0 bridgehead atoms. The number of rotatable bonds is 9. The Bertz CT molecular complexity index is 1160. The predicted octanol–water partition coefficient (Wildman–Crippen LogP) is 5.78. The normalized spacial score (nSPS) is 11.1. The van der Waals surface area contributed by atoms with Gasteiger partial charge in [0, 0.05) is 10.6 Å². The van der Waals surface area contributed by atoms with E-state index in [-0.39, 0.29) is 5.70 Å². The molecule has 0 aromatic heterocycles. The minimum atomic E-state index is -1.25. The molecular weight excluding hydrogens is 557 g/mol. The fourth-order valence-corrected chi connectivity index (χ4v) is 3.82. The van der Waals surface area contributed by atoms with E-state index in [0.29, 0.717) is 40.9 Å². The zero-order valence-corrected chi connectivity index (χ0v) is 20.6. The highest BCUT2D eigenvalue weighted by Gasteiger charge is 2.16. The highest BCUT2D eigenvalue weighted by Crippen LogP contribution is 2.35. The van der Waals surface area contributed by atoms with Crippen molar-refractivity contribution in [1.82, 2.24) is 5.32 Å². The van der Waals surface area contributed by atoms with Crippen LogP contribution in [-0.2, 0) is 11.4 Å². The quantitative estimate of drug-likeness (QED) is 0.249. The molecule has 2 N–H and O–H groups in total. The number of benzene rings is 3. The molecule has 3 rings (SSSR count). The maximum Gasteiger partial charge on any atom is 0.352 e. The number of carbonyl (C=O) groups excluding carboxylic acids is 1. The summed E-state index contributed by atoms with van der Waals surface area (Å²) < 4.78 is 12.5. The van der Waals surface area contributed by atoms with Crippen LogP contribution in [0.15, 0.2) is 72.4 Å². The summed E-state index contributed by atoms with van der Waals surface area (Å²) in [6.07, 6.45) is 1.39. The lowest BCUT2D eigenvalue weighted by atomic mass is 10.1. The van der Waals surface area contributed by atoms with Gasteiger partial charge in [0.05, 0.1) is 10.2 Å². The van der Waals surface area contributed by atoms with Crippen LogP contribution >= 0.6 is 34.2 Å². The minimum absolute atomic E-state index is 0.253. The van der Waals surface area contributed by atoms with E-state index < -0.39 is 11.9 Å². The van der Waals surface area contributed by atoms with Crippen LogP contribution < -0.4 is 14.8 Å². The highest BCUT2D eigenvalue weighted by atomic mass is 127. The third-order valence-corrected chi connectivity index (χ3v) is 5.51. The number of carbonyl (C=O) groups is 2. The summed E-state index contributed by atoms with van der Waals surface area (Å²) in [4.78, 5) is 24.2. The molecule has 170 valence electrons. The number of ether oxygens (including phenoxy) is 2. The second kappa shape index (κ2) is 11.7. The van der Waals surface area contributed by atoms with E-state index in [2.05, 4.69) is 27.9 Å². The zero-order valence-electron chi connectivity index (χ0n) is 17.7. The second-order valence-electron chi connectivity index (χ2n) is 6.86. The first-order valence-corrected chi connectivity index (χ1v) is 11.5. The minimum Gasteiger partial charge on any atom is -0.490 e. The summed E-state index contributed by atoms with van der Waals surface area (Å²) in [5.74, 6) is -0.735. The van der Waals surface area contributed by atoms with E-state index >= 15 is 0 Å². The van der Waals surface area contributed by atoms with Gasteiger partial charge in [0.25, 0.3) is 5.91 Å². The predicted molar refractivity (Wildman–Crippen MR) is 136 cm³/mol. The summed E-state index contributed by atoms with van der Waals surface area (Å²) in [5.41, 5.74) is 1.60. The Hall–Kier alpha value is -3.04. The Morgan fingerprint density at radius 2 is 1.76 bits per heavy atom. The molecule has 0 spiro atoms. The number of nitrogens with one attached hydrogen (secondary N) is 1. The molecule has 33 heavy (non-hydrogen) atoms. The topological polar surface area (TPSA) is 84.9 Å². The van der Waals surface area contributed by atoms with Gasteiger partial charge in [0.1, 0.15) is 12.3 Å². The van der Waals surface area contributed by atoms with Crippen LogP contribution in [0.3, 0.4) is 0 Å². The molecule has 3 aromatic carbocycles. The molecule has 3 aromatic rings. The van der Waals surface area contributed by atoms with Crippen molar-refractivity contribution >= 4 is 52.1 Å². The molecule has 0 aliphatic carbocycles. The van der Waals surface area contributed by atoms with E-state index in [0.717, 1.165) is 9.13 Å². The first-order valence-electron chi connectivity index (χ1n) is 10.0. The van der Waals surface area contributed by atoms with E-state index in [1.807, 2.05) is 19.1 Å². The summed E-state index contributed by atoms with van der Waals surface area (Å²) in [5, 5.41) is 12.7. The van der Waals surface area contributed by atoms with Crippen LogP contribution in [0.1, 0.15) is 28.4 Å². The van der Waals surface area contributed by atoms with Crippen molar-refractivity contribution in [1.29, 1.82) is 0 Å². The van der Waals surface area contributed by atoms with E-state index in [1.165, 1.54) is 6.08 Å². The van der Waals surface area contributed by atoms with Gasteiger partial charge in [-0.3, -0.25) is 4.79 Å². The second-order valence-corrected chi connectivity index (χ2v) is 8.46. The lowest BCUT2D eigenvalue weighted by molar-refractivity contribution is -0.132. The molecule has 0 heterocycles. The third kappa shape index (κ3) is 6.97. The SMILES string of the molecule is CCOc1cc(C=C(NC(=O)c2ccccc2)C(=O)O)cc(I)c1OCc1ccc(Cl)cc1. The fraction of sp³-hybridized carbons (Fsp3) is 0.120. The van der Waals surface area contributed by atoms with Gasteiger partial charge in [0.2, 0.25) is 0 Å². The largest absolute Gasteiger partial charge is 0.490 e. The third-order valence-electron chi connectivity index (χ3n) is 4.45. The fourth-order valence-electron chi connectivity index (χ4n) is 2.91. The number of hydrogen-bond acceptors (Lipinski definition) is 4. The number of amides is 1. The van der Waals surface area contributed by atoms with Gasteiger partial charge in [-0.25, -0.2) is 4.79 Å². The molecule has 1 amide bonds. The number of carboxylic acids is 1. The Kier molecular flexibility index (Phi) is 8.73. The molecule has 8 heteroatoms. The van der Waals surface area contributed by atoms with Crippen LogP contribution in [0.5, 0.6) is 11.5 Å². The Labute approximate surface area is 210 Å². The summed E-state index contributed by atoms with van der Waals surface area (Å²) in [6.45, 7) is 2.56.